The molecule has 0 amide bonds. The standard InChI is InChI=1S/C76H122NO8P/c1-6-8-10-12-14-16-18-20-22-24-26-28-30-32-34-36-37-38-39-41-43-45-47-49-51-53-55-57-59-61-63-65-67-69-76(79)85-74(73-84-86(80,81)83-71-70-77(3,4)5)72-82-75(78)68-66-64-62-60-58-56-54-52-50-48-46-44-42-40-35-33-31-29-27-25-23-21-19-17-15-13-11-9-7-2/h8-11,14-17,20-23,26-29,32-35,37-38,41-44,47-50,74H,6-7,12-13,18-19,24-25,30-31,36,39-40,45-46,51-73H2,1-5H3/p+1/b10-8-,11-9-,16-14-,17-15-,22-20-,23-21-,28-26-,29-27-,34-32-,35-33-,38-37-,43-41-,44-42-,49-47-,50-48-. The first-order chi connectivity index (χ1) is 42.0. The van der Waals surface area contributed by atoms with Crippen molar-refractivity contribution in [2.24, 2.45) is 0 Å². The van der Waals surface area contributed by atoms with Crippen LogP contribution in [-0.4, -0.2) is 74.9 Å². The molecule has 0 bridgehead atoms. The molecule has 0 saturated heterocycles. The summed E-state index contributed by atoms with van der Waals surface area (Å²) in [6.07, 6.45) is 99.7. The first-order valence-corrected chi connectivity index (χ1v) is 35.0. The van der Waals surface area contributed by atoms with Crippen LogP contribution in [0.3, 0.4) is 0 Å². The molecule has 1 N–H and O–H groups in total. The summed E-state index contributed by atoms with van der Waals surface area (Å²) >= 11 is 0. The summed E-state index contributed by atoms with van der Waals surface area (Å²) in [5, 5.41) is 0. The van der Waals surface area contributed by atoms with Gasteiger partial charge in [-0.15, -0.1) is 0 Å². The molecule has 0 rings (SSSR count). The van der Waals surface area contributed by atoms with Crippen molar-refractivity contribution in [1.29, 1.82) is 0 Å². The lowest BCUT2D eigenvalue weighted by molar-refractivity contribution is -0.870. The number of likely N-dealkylation sites (N-methyl/N-ethyl adjacent to an activating group) is 1. The van der Waals surface area contributed by atoms with Gasteiger partial charge in [0.25, 0.3) is 0 Å². The zero-order valence-electron chi connectivity index (χ0n) is 55.0. The van der Waals surface area contributed by atoms with Gasteiger partial charge in [-0.1, -0.05) is 267 Å². The van der Waals surface area contributed by atoms with Gasteiger partial charge in [-0.2, -0.15) is 0 Å². The summed E-state index contributed by atoms with van der Waals surface area (Å²) in [6.45, 7) is 4.16. The lowest BCUT2D eigenvalue weighted by Crippen LogP contribution is -2.37. The van der Waals surface area contributed by atoms with E-state index in [-0.39, 0.29) is 32.0 Å². The van der Waals surface area contributed by atoms with E-state index in [2.05, 4.69) is 196 Å². The van der Waals surface area contributed by atoms with Crippen LogP contribution >= 0.6 is 7.82 Å². The number of allylic oxidation sites excluding steroid dienone is 30. The highest BCUT2D eigenvalue weighted by atomic mass is 31.2. The highest BCUT2D eigenvalue weighted by Gasteiger charge is 2.27. The molecule has 0 aromatic carbocycles. The van der Waals surface area contributed by atoms with Gasteiger partial charge in [0.2, 0.25) is 0 Å². The van der Waals surface area contributed by atoms with Crippen LogP contribution in [-0.2, 0) is 32.7 Å². The van der Waals surface area contributed by atoms with Crippen LogP contribution in [0.1, 0.15) is 232 Å². The fraction of sp³-hybridized carbons (Fsp3) is 0.579. The van der Waals surface area contributed by atoms with Crippen LogP contribution < -0.4 is 0 Å². The summed E-state index contributed by atoms with van der Waals surface area (Å²) in [5.74, 6) is -0.833. The van der Waals surface area contributed by atoms with Gasteiger partial charge in [-0.05, 0) is 135 Å². The molecular formula is C76H123NO8P+. The predicted molar refractivity (Wildman–Crippen MR) is 371 cm³/mol. The molecule has 0 aliphatic rings. The van der Waals surface area contributed by atoms with Crippen molar-refractivity contribution < 1.29 is 42.1 Å². The number of unbranched alkanes of at least 4 members (excludes halogenated alkanes) is 15. The molecule has 9 nitrogen and oxygen atoms in total. The Morgan fingerprint density at radius 3 is 0.930 bits per heavy atom. The number of esters is 2. The van der Waals surface area contributed by atoms with Crippen LogP contribution in [0.4, 0.5) is 0 Å². The third-order valence-electron chi connectivity index (χ3n) is 13.4. The average molecular weight is 1210 g/mol. The number of quaternary nitrogens is 1. The van der Waals surface area contributed by atoms with E-state index in [1.165, 1.54) is 44.9 Å². The van der Waals surface area contributed by atoms with Gasteiger partial charge < -0.3 is 18.9 Å². The fourth-order valence-corrected chi connectivity index (χ4v) is 9.11. The molecule has 0 aliphatic carbocycles. The number of ether oxygens (including phenoxy) is 2. The Morgan fingerprint density at radius 1 is 0.360 bits per heavy atom. The molecule has 0 spiro atoms. The quantitative estimate of drug-likeness (QED) is 0.0211. The number of rotatable bonds is 59. The number of phosphoric ester groups is 1. The van der Waals surface area contributed by atoms with Crippen molar-refractivity contribution in [3.63, 3.8) is 0 Å². The summed E-state index contributed by atoms with van der Waals surface area (Å²) in [7, 11) is 1.44. The van der Waals surface area contributed by atoms with Gasteiger partial charge in [0.1, 0.15) is 19.8 Å². The first kappa shape index (κ1) is 81.1. The van der Waals surface area contributed by atoms with Gasteiger partial charge in [-0.3, -0.25) is 18.6 Å². The minimum absolute atomic E-state index is 0.0173. The van der Waals surface area contributed by atoms with Gasteiger partial charge in [0.15, 0.2) is 6.10 Å². The Hall–Kier alpha value is -4.89. The second-order valence-electron chi connectivity index (χ2n) is 22.7. The molecule has 0 radical (unpaired) electrons. The SMILES string of the molecule is CC/C=C\C/C=C\C/C=C\C/C=C\C/C=C\C/C=C\C/C=C\C/C=C\CCCCCCCCCCC(=O)OC(COC(=O)CCCCCCCCC/C=C\C/C=C\C/C=C\C/C=C\C/C=C\C/C=C\C/C=C\CC)COP(=O)(O)OCC[N+](C)(C)C. The van der Waals surface area contributed by atoms with Crippen molar-refractivity contribution in [2.75, 3.05) is 47.5 Å². The van der Waals surface area contributed by atoms with Crippen LogP contribution in [0.15, 0.2) is 182 Å². The lowest BCUT2D eigenvalue weighted by Gasteiger charge is -2.24. The van der Waals surface area contributed by atoms with E-state index in [4.69, 9.17) is 18.5 Å². The summed E-state index contributed by atoms with van der Waals surface area (Å²) in [6, 6.07) is 0. The maximum absolute atomic E-state index is 12.9. The van der Waals surface area contributed by atoms with E-state index >= 15 is 0 Å². The van der Waals surface area contributed by atoms with E-state index in [1.54, 1.807) is 0 Å². The summed E-state index contributed by atoms with van der Waals surface area (Å²) in [4.78, 5) is 35.9. The molecule has 10 heteroatoms. The maximum atomic E-state index is 12.9. The molecule has 2 atom stereocenters. The Balaban J connectivity index is 4.21. The number of carbonyl (C=O) groups excluding carboxylic acids is 2. The third kappa shape index (κ3) is 68.2. The summed E-state index contributed by atoms with van der Waals surface area (Å²) < 4.78 is 34.7. The zero-order valence-corrected chi connectivity index (χ0v) is 55.9. The molecule has 0 heterocycles. The van der Waals surface area contributed by atoms with Crippen molar-refractivity contribution in [3.8, 4) is 0 Å². The number of hydrogen-bond acceptors (Lipinski definition) is 7. The Bertz CT molecular complexity index is 2100. The zero-order chi connectivity index (χ0) is 62.6. The lowest BCUT2D eigenvalue weighted by atomic mass is 10.1. The van der Waals surface area contributed by atoms with Crippen LogP contribution in [0.5, 0.6) is 0 Å². The van der Waals surface area contributed by atoms with Gasteiger partial charge in [0.05, 0.1) is 27.7 Å². The second-order valence-corrected chi connectivity index (χ2v) is 24.2. The van der Waals surface area contributed by atoms with Crippen molar-refractivity contribution in [2.45, 2.75) is 238 Å². The number of hydrogen-bond donors (Lipinski definition) is 1. The van der Waals surface area contributed by atoms with Gasteiger partial charge in [0, 0.05) is 12.8 Å². The Kier molecular flexibility index (Phi) is 60.9. The second kappa shape index (κ2) is 64.6. The number of carbonyl (C=O) groups is 2. The average Bonchev–Trinajstić information content (AvgIpc) is 3.70. The van der Waals surface area contributed by atoms with E-state index in [1.807, 2.05) is 21.1 Å². The van der Waals surface area contributed by atoms with Crippen LogP contribution in [0.2, 0.25) is 0 Å². The molecule has 0 saturated carbocycles. The minimum Gasteiger partial charge on any atom is -0.462 e. The highest BCUT2D eigenvalue weighted by Crippen LogP contribution is 2.43. The molecule has 0 aromatic rings. The predicted octanol–water partition coefficient (Wildman–Crippen LogP) is 21.9. The number of phosphoric acid groups is 1. The smallest absolute Gasteiger partial charge is 0.462 e. The monoisotopic (exact) mass is 1210 g/mol. The van der Waals surface area contributed by atoms with E-state index in [0.29, 0.717) is 23.9 Å². The normalized spacial score (nSPS) is 14.3. The molecule has 0 aromatic heterocycles. The number of nitrogens with zero attached hydrogens (tertiary/aromatic N) is 1. The Morgan fingerprint density at radius 2 is 0.628 bits per heavy atom. The largest absolute Gasteiger partial charge is 0.472 e. The first-order valence-electron chi connectivity index (χ1n) is 33.5. The maximum Gasteiger partial charge on any atom is 0.472 e. The highest BCUT2D eigenvalue weighted by molar-refractivity contribution is 7.47. The minimum atomic E-state index is -4.41. The molecule has 86 heavy (non-hydrogen) atoms. The summed E-state index contributed by atoms with van der Waals surface area (Å²) in [5.41, 5.74) is 0. The molecule has 0 fully saturated rings. The van der Waals surface area contributed by atoms with Crippen molar-refractivity contribution >= 4 is 19.8 Å². The van der Waals surface area contributed by atoms with Gasteiger partial charge in [-0.25, -0.2) is 4.57 Å². The van der Waals surface area contributed by atoms with Gasteiger partial charge >= 0.3 is 19.8 Å². The molecular weight excluding hydrogens is 1090 g/mol. The third-order valence-corrected chi connectivity index (χ3v) is 14.4. The van der Waals surface area contributed by atoms with Crippen molar-refractivity contribution in [3.05, 3.63) is 182 Å². The fourth-order valence-electron chi connectivity index (χ4n) is 8.36. The van der Waals surface area contributed by atoms with E-state index in [9.17, 15) is 19.0 Å². The molecule has 484 valence electrons. The van der Waals surface area contributed by atoms with E-state index < -0.39 is 26.5 Å². The van der Waals surface area contributed by atoms with E-state index in [0.717, 1.165) is 148 Å². The topological polar surface area (TPSA) is 108 Å². The van der Waals surface area contributed by atoms with Crippen molar-refractivity contribution in [1.82, 2.24) is 0 Å². The Labute approximate surface area is 527 Å². The molecule has 2 unspecified atom stereocenters. The molecule has 0 aliphatic heterocycles. The van der Waals surface area contributed by atoms with Crippen LogP contribution in [0.25, 0.3) is 0 Å². The van der Waals surface area contributed by atoms with Crippen LogP contribution in [0, 0.1) is 0 Å².